The van der Waals surface area contributed by atoms with Gasteiger partial charge in [-0.15, -0.1) is 0 Å². The summed E-state index contributed by atoms with van der Waals surface area (Å²) in [6, 6.07) is 8.06. The van der Waals surface area contributed by atoms with Crippen molar-refractivity contribution in [2.45, 2.75) is 51.5 Å². The Morgan fingerprint density at radius 3 is 2.89 bits per heavy atom. The SMILES string of the molecule is CCc1cccc(NC(=O)C2CCCCCC2N)c1. The topological polar surface area (TPSA) is 55.1 Å². The predicted octanol–water partition coefficient (Wildman–Crippen LogP) is 3.10. The average Bonchev–Trinajstić information content (AvgIpc) is 2.63. The summed E-state index contributed by atoms with van der Waals surface area (Å²) < 4.78 is 0. The number of rotatable bonds is 3. The molecule has 3 nitrogen and oxygen atoms in total. The molecule has 0 radical (unpaired) electrons. The maximum absolute atomic E-state index is 12.3. The Labute approximate surface area is 115 Å². The van der Waals surface area contributed by atoms with Crippen LogP contribution in [0.4, 0.5) is 5.69 Å². The number of nitrogens with two attached hydrogens (primary N) is 1. The van der Waals surface area contributed by atoms with Gasteiger partial charge < -0.3 is 11.1 Å². The Bertz CT molecular complexity index is 431. The van der Waals surface area contributed by atoms with Crippen molar-refractivity contribution in [3.63, 3.8) is 0 Å². The second kappa shape index (κ2) is 6.71. The zero-order valence-electron chi connectivity index (χ0n) is 11.7. The van der Waals surface area contributed by atoms with Crippen molar-refractivity contribution in [3.05, 3.63) is 29.8 Å². The second-order valence-corrected chi connectivity index (χ2v) is 5.45. The van der Waals surface area contributed by atoms with E-state index in [0.717, 1.165) is 37.8 Å². The average molecular weight is 260 g/mol. The van der Waals surface area contributed by atoms with Crippen LogP contribution in [0.5, 0.6) is 0 Å². The Kier molecular flexibility index (Phi) is 4.97. The second-order valence-electron chi connectivity index (χ2n) is 5.45. The molecule has 0 heterocycles. The Hall–Kier alpha value is -1.35. The van der Waals surface area contributed by atoms with Gasteiger partial charge in [-0.3, -0.25) is 4.79 Å². The first-order valence-corrected chi connectivity index (χ1v) is 7.36. The van der Waals surface area contributed by atoms with Crippen LogP contribution in [0.2, 0.25) is 0 Å². The largest absolute Gasteiger partial charge is 0.327 e. The predicted molar refractivity (Wildman–Crippen MR) is 79.0 cm³/mol. The molecule has 19 heavy (non-hydrogen) atoms. The molecule has 0 spiro atoms. The first-order chi connectivity index (χ1) is 9.20. The summed E-state index contributed by atoms with van der Waals surface area (Å²) in [6.07, 6.45) is 6.32. The number of aryl methyl sites for hydroxylation is 1. The first-order valence-electron chi connectivity index (χ1n) is 7.36. The normalized spacial score (nSPS) is 23.7. The van der Waals surface area contributed by atoms with E-state index >= 15 is 0 Å². The summed E-state index contributed by atoms with van der Waals surface area (Å²) in [5, 5.41) is 3.03. The molecular weight excluding hydrogens is 236 g/mol. The molecule has 2 unspecified atom stereocenters. The van der Waals surface area contributed by atoms with Crippen molar-refractivity contribution in [3.8, 4) is 0 Å². The number of hydrogen-bond donors (Lipinski definition) is 2. The van der Waals surface area contributed by atoms with Crippen LogP contribution in [0.3, 0.4) is 0 Å². The molecule has 3 N–H and O–H groups in total. The number of hydrogen-bond acceptors (Lipinski definition) is 2. The number of carbonyl (C=O) groups is 1. The summed E-state index contributed by atoms with van der Waals surface area (Å²) in [4.78, 5) is 12.3. The third-order valence-electron chi connectivity index (χ3n) is 4.01. The van der Waals surface area contributed by atoms with Gasteiger partial charge in [-0.25, -0.2) is 0 Å². The molecule has 0 saturated heterocycles. The summed E-state index contributed by atoms with van der Waals surface area (Å²) >= 11 is 0. The number of anilines is 1. The molecule has 2 atom stereocenters. The van der Waals surface area contributed by atoms with Gasteiger partial charge in [0.2, 0.25) is 5.91 Å². The van der Waals surface area contributed by atoms with Crippen LogP contribution in [0.15, 0.2) is 24.3 Å². The van der Waals surface area contributed by atoms with E-state index in [1.165, 1.54) is 12.0 Å². The fraction of sp³-hybridized carbons (Fsp3) is 0.562. The summed E-state index contributed by atoms with van der Waals surface area (Å²) in [7, 11) is 0. The maximum Gasteiger partial charge on any atom is 0.229 e. The number of nitrogens with one attached hydrogen (secondary N) is 1. The van der Waals surface area contributed by atoms with Crippen molar-refractivity contribution >= 4 is 11.6 Å². The smallest absolute Gasteiger partial charge is 0.229 e. The molecule has 1 aliphatic rings. The zero-order valence-corrected chi connectivity index (χ0v) is 11.7. The lowest BCUT2D eigenvalue weighted by atomic mass is 9.94. The molecule has 1 aliphatic carbocycles. The van der Waals surface area contributed by atoms with E-state index in [1.807, 2.05) is 18.2 Å². The van der Waals surface area contributed by atoms with Crippen LogP contribution in [0, 0.1) is 5.92 Å². The molecular formula is C16H24N2O. The Morgan fingerprint density at radius 1 is 1.32 bits per heavy atom. The van der Waals surface area contributed by atoms with Gasteiger partial charge in [0.1, 0.15) is 0 Å². The van der Waals surface area contributed by atoms with E-state index in [-0.39, 0.29) is 17.9 Å². The fourth-order valence-electron chi connectivity index (χ4n) is 2.77. The highest BCUT2D eigenvalue weighted by Gasteiger charge is 2.26. The highest BCUT2D eigenvalue weighted by atomic mass is 16.1. The maximum atomic E-state index is 12.3. The minimum Gasteiger partial charge on any atom is -0.327 e. The van der Waals surface area contributed by atoms with Gasteiger partial charge >= 0.3 is 0 Å². The van der Waals surface area contributed by atoms with E-state index in [9.17, 15) is 4.79 Å². The molecule has 1 fully saturated rings. The van der Waals surface area contributed by atoms with Gasteiger partial charge in [-0.2, -0.15) is 0 Å². The summed E-state index contributed by atoms with van der Waals surface area (Å²) in [5.74, 6) is 0.0513. The molecule has 1 aromatic rings. The van der Waals surface area contributed by atoms with Crippen LogP contribution in [0.25, 0.3) is 0 Å². The molecule has 1 amide bonds. The summed E-state index contributed by atoms with van der Waals surface area (Å²) in [5.41, 5.74) is 8.26. The third kappa shape index (κ3) is 3.80. The molecule has 1 saturated carbocycles. The van der Waals surface area contributed by atoms with Gasteiger partial charge in [0, 0.05) is 11.7 Å². The van der Waals surface area contributed by atoms with Crippen molar-refractivity contribution in [2.24, 2.45) is 11.7 Å². The van der Waals surface area contributed by atoms with Crippen molar-refractivity contribution in [1.82, 2.24) is 0 Å². The number of carbonyl (C=O) groups excluding carboxylic acids is 1. The van der Waals surface area contributed by atoms with E-state index in [0.29, 0.717) is 0 Å². The monoisotopic (exact) mass is 260 g/mol. The lowest BCUT2D eigenvalue weighted by Crippen LogP contribution is -2.37. The zero-order chi connectivity index (χ0) is 13.7. The highest BCUT2D eigenvalue weighted by Crippen LogP contribution is 2.24. The van der Waals surface area contributed by atoms with E-state index in [1.54, 1.807) is 0 Å². The van der Waals surface area contributed by atoms with E-state index in [4.69, 9.17) is 5.73 Å². The molecule has 0 bridgehead atoms. The molecule has 0 aliphatic heterocycles. The molecule has 1 aromatic carbocycles. The highest BCUT2D eigenvalue weighted by molar-refractivity contribution is 5.93. The van der Waals surface area contributed by atoms with Crippen molar-refractivity contribution in [1.29, 1.82) is 0 Å². The quantitative estimate of drug-likeness (QED) is 0.820. The van der Waals surface area contributed by atoms with Crippen LogP contribution in [0.1, 0.15) is 44.6 Å². The Balaban J connectivity index is 2.02. The van der Waals surface area contributed by atoms with Gasteiger partial charge in [-0.05, 0) is 37.0 Å². The minimum absolute atomic E-state index is 0.0110. The third-order valence-corrected chi connectivity index (χ3v) is 4.01. The van der Waals surface area contributed by atoms with Gasteiger partial charge in [-0.1, -0.05) is 38.3 Å². The van der Waals surface area contributed by atoms with Gasteiger partial charge in [0.05, 0.1) is 5.92 Å². The lowest BCUT2D eigenvalue weighted by Gasteiger charge is -2.20. The van der Waals surface area contributed by atoms with E-state index < -0.39 is 0 Å². The van der Waals surface area contributed by atoms with Crippen LogP contribution >= 0.6 is 0 Å². The van der Waals surface area contributed by atoms with Crippen LogP contribution < -0.4 is 11.1 Å². The molecule has 0 aromatic heterocycles. The van der Waals surface area contributed by atoms with Crippen molar-refractivity contribution in [2.75, 3.05) is 5.32 Å². The fourth-order valence-corrected chi connectivity index (χ4v) is 2.77. The number of amides is 1. The molecule has 2 rings (SSSR count). The van der Waals surface area contributed by atoms with Crippen LogP contribution in [-0.2, 0) is 11.2 Å². The van der Waals surface area contributed by atoms with Gasteiger partial charge in [0.25, 0.3) is 0 Å². The van der Waals surface area contributed by atoms with Gasteiger partial charge in [0.15, 0.2) is 0 Å². The minimum atomic E-state index is -0.0345. The van der Waals surface area contributed by atoms with Crippen LogP contribution in [-0.4, -0.2) is 11.9 Å². The molecule has 3 heteroatoms. The van der Waals surface area contributed by atoms with E-state index in [2.05, 4.69) is 18.3 Å². The number of benzene rings is 1. The first kappa shape index (κ1) is 14.1. The standard InChI is InChI=1S/C16H24N2O/c1-2-12-7-6-8-13(11-12)18-16(19)14-9-4-3-5-10-15(14)17/h6-8,11,14-15H,2-5,9-10,17H2,1H3,(H,18,19). The summed E-state index contributed by atoms with van der Waals surface area (Å²) in [6.45, 7) is 2.11. The lowest BCUT2D eigenvalue weighted by molar-refractivity contribution is -0.120. The van der Waals surface area contributed by atoms with Crippen molar-refractivity contribution < 1.29 is 4.79 Å². The Morgan fingerprint density at radius 2 is 2.11 bits per heavy atom. The molecule has 104 valence electrons.